The van der Waals surface area contributed by atoms with Crippen molar-refractivity contribution in [2.24, 2.45) is 0 Å². The lowest BCUT2D eigenvalue weighted by molar-refractivity contribution is 0.102. The zero-order valence-electron chi connectivity index (χ0n) is 19.1. The van der Waals surface area contributed by atoms with Crippen LogP contribution in [0, 0.1) is 13.8 Å². The Hall–Kier alpha value is -4.44. The third kappa shape index (κ3) is 4.26. The largest absolute Gasteiger partial charge is 0.455 e. The standard InChI is InChI=1S/C30H24N2O2/c1-20-16-18-22(19-17-20)29-21(2)28(24-12-6-7-13-25(24)31-29)30(33)32-26-14-8-9-15-27(26)34-23-10-4-3-5-11-23/h3-19H,1-2H3,(H,32,33). The second kappa shape index (κ2) is 9.20. The predicted octanol–water partition coefficient (Wildman–Crippen LogP) is 7.56. The van der Waals surface area contributed by atoms with Gasteiger partial charge in [0.25, 0.3) is 5.91 Å². The molecule has 0 spiro atoms. The van der Waals surface area contributed by atoms with E-state index in [1.165, 1.54) is 5.56 Å². The van der Waals surface area contributed by atoms with Crippen LogP contribution in [0.1, 0.15) is 21.5 Å². The van der Waals surface area contributed by atoms with Gasteiger partial charge in [-0.15, -0.1) is 0 Å². The summed E-state index contributed by atoms with van der Waals surface area (Å²) in [5, 5.41) is 3.89. The zero-order chi connectivity index (χ0) is 23.5. The minimum absolute atomic E-state index is 0.200. The molecule has 0 aliphatic heterocycles. The van der Waals surface area contributed by atoms with Crippen LogP contribution in [0.25, 0.3) is 22.2 Å². The number of hydrogen-bond acceptors (Lipinski definition) is 3. The Morgan fingerprint density at radius 3 is 2.24 bits per heavy atom. The number of pyridine rings is 1. The average molecular weight is 445 g/mol. The molecule has 0 bridgehead atoms. The molecule has 0 aliphatic carbocycles. The molecule has 4 heteroatoms. The average Bonchev–Trinajstić information content (AvgIpc) is 2.86. The summed E-state index contributed by atoms with van der Waals surface area (Å²) < 4.78 is 6.04. The van der Waals surface area contributed by atoms with Crippen molar-refractivity contribution >= 4 is 22.5 Å². The fourth-order valence-electron chi connectivity index (χ4n) is 4.05. The summed E-state index contributed by atoms with van der Waals surface area (Å²) in [5.74, 6) is 1.08. The quantitative estimate of drug-likeness (QED) is 0.304. The van der Waals surface area contributed by atoms with Crippen LogP contribution in [-0.4, -0.2) is 10.9 Å². The van der Waals surface area contributed by atoms with Crippen molar-refractivity contribution < 1.29 is 9.53 Å². The van der Waals surface area contributed by atoms with E-state index in [1.807, 2.05) is 97.9 Å². The summed E-state index contributed by atoms with van der Waals surface area (Å²) in [5.41, 5.74) is 5.79. The van der Waals surface area contributed by atoms with E-state index in [0.717, 1.165) is 27.7 Å². The molecule has 1 amide bonds. The van der Waals surface area contributed by atoms with E-state index in [2.05, 4.69) is 24.4 Å². The van der Waals surface area contributed by atoms with E-state index in [4.69, 9.17) is 9.72 Å². The number of para-hydroxylation sites is 4. The normalized spacial score (nSPS) is 10.8. The van der Waals surface area contributed by atoms with Gasteiger partial charge in [-0.05, 0) is 49.7 Å². The van der Waals surface area contributed by atoms with Gasteiger partial charge >= 0.3 is 0 Å². The lowest BCUT2D eigenvalue weighted by atomic mass is 9.96. The van der Waals surface area contributed by atoms with E-state index in [1.54, 1.807) is 0 Å². The smallest absolute Gasteiger partial charge is 0.256 e. The first kappa shape index (κ1) is 21.4. The highest BCUT2D eigenvalue weighted by Crippen LogP contribution is 2.33. The molecule has 34 heavy (non-hydrogen) atoms. The van der Waals surface area contributed by atoms with Crippen molar-refractivity contribution in [2.45, 2.75) is 13.8 Å². The van der Waals surface area contributed by atoms with Crippen LogP contribution in [-0.2, 0) is 0 Å². The molecule has 0 atom stereocenters. The Morgan fingerprint density at radius 2 is 1.44 bits per heavy atom. The number of anilines is 1. The predicted molar refractivity (Wildman–Crippen MR) is 138 cm³/mol. The van der Waals surface area contributed by atoms with Crippen molar-refractivity contribution in [2.75, 3.05) is 5.32 Å². The summed E-state index contributed by atoms with van der Waals surface area (Å²) in [6.07, 6.45) is 0. The Morgan fingerprint density at radius 1 is 0.765 bits per heavy atom. The van der Waals surface area contributed by atoms with Gasteiger partial charge in [0.05, 0.1) is 22.5 Å². The van der Waals surface area contributed by atoms with Crippen LogP contribution in [0.15, 0.2) is 103 Å². The maximum absolute atomic E-state index is 13.7. The van der Waals surface area contributed by atoms with Crippen LogP contribution in [0.2, 0.25) is 0 Å². The Labute approximate surface area is 198 Å². The number of ether oxygens (including phenoxy) is 1. The fourth-order valence-corrected chi connectivity index (χ4v) is 4.05. The molecule has 0 fully saturated rings. The van der Waals surface area contributed by atoms with Gasteiger partial charge in [-0.25, -0.2) is 4.98 Å². The Balaban J connectivity index is 1.57. The van der Waals surface area contributed by atoms with Crippen LogP contribution in [0.3, 0.4) is 0 Å². The van der Waals surface area contributed by atoms with Gasteiger partial charge in [-0.2, -0.15) is 0 Å². The van der Waals surface area contributed by atoms with Crippen LogP contribution in [0.4, 0.5) is 5.69 Å². The SMILES string of the molecule is Cc1ccc(-c2nc3ccccc3c(C(=O)Nc3ccccc3Oc3ccccc3)c2C)cc1. The van der Waals surface area contributed by atoms with Crippen LogP contribution in [0.5, 0.6) is 11.5 Å². The minimum Gasteiger partial charge on any atom is -0.455 e. The number of fused-ring (bicyclic) bond motifs is 1. The van der Waals surface area contributed by atoms with Crippen molar-refractivity contribution in [1.29, 1.82) is 0 Å². The third-order valence-corrected chi connectivity index (χ3v) is 5.79. The number of aryl methyl sites for hydroxylation is 1. The zero-order valence-corrected chi connectivity index (χ0v) is 19.1. The number of nitrogens with zero attached hydrogens (tertiary/aromatic N) is 1. The number of carbonyl (C=O) groups is 1. The number of rotatable bonds is 5. The van der Waals surface area contributed by atoms with Gasteiger partial charge in [0.2, 0.25) is 0 Å². The first-order valence-corrected chi connectivity index (χ1v) is 11.2. The van der Waals surface area contributed by atoms with E-state index in [0.29, 0.717) is 22.7 Å². The molecule has 1 N–H and O–H groups in total. The van der Waals surface area contributed by atoms with Gasteiger partial charge in [-0.1, -0.05) is 78.4 Å². The molecule has 0 radical (unpaired) electrons. The number of aromatic nitrogens is 1. The van der Waals surface area contributed by atoms with Crippen molar-refractivity contribution in [3.05, 3.63) is 120 Å². The molecule has 1 heterocycles. The van der Waals surface area contributed by atoms with E-state index >= 15 is 0 Å². The van der Waals surface area contributed by atoms with Crippen molar-refractivity contribution in [3.8, 4) is 22.8 Å². The maximum Gasteiger partial charge on any atom is 0.256 e. The highest BCUT2D eigenvalue weighted by Gasteiger charge is 2.20. The topological polar surface area (TPSA) is 51.2 Å². The molecule has 1 aromatic heterocycles. The maximum atomic E-state index is 13.7. The third-order valence-electron chi connectivity index (χ3n) is 5.79. The molecule has 0 unspecified atom stereocenters. The van der Waals surface area contributed by atoms with Crippen molar-refractivity contribution in [1.82, 2.24) is 4.98 Å². The van der Waals surface area contributed by atoms with E-state index < -0.39 is 0 Å². The summed E-state index contributed by atoms with van der Waals surface area (Å²) in [7, 11) is 0. The number of nitrogens with one attached hydrogen (secondary N) is 1. The molecule has 5 aromatic rings. The summed E-state index contributed by atoms with van der Waals surface area (Å²) >= 11 is 0. The molecular formula is C30H24N2O2. The van der Waals surface area contributed by atoms with Gasteiger partial charge in [-0.3, -0.25) is 4.79 Å². The molecule has 5 rings (SSSR count). The van der Waals surface area contributed by atoms with E-state index in [9.17, 15) is 4.79 Å². The van der Waals surface area contributed by atoms with Gasteiger partial charge in [0.15, 0.2) is 5.75 Å². The first-order chi connectivity index (χ1) is 16.6. The Bertz CT molecular complexity index is 1480. The highest BCUT2D eigenvalue weighted by molar-refractivity contribution is 6.14. The lowest BCUT2D eigenvalue weighted by Gasteiger charge is -2.16. The first-order valence-electron chi connectivity index (χ1n) is 11.2. The monoisotopic (exact) mass is 444 g/mol. The van der Waals surface area contributed by atoms with Crippen LogP contribution >= 0.6 is 0 Å². The Kier molecular flexibility index (Phi) is 5.79. The summed E-state index contributed by atoms with van der Waals surface area (Å²) in [6, 6.07) is 32.9. The molecule has 0 saturated carbocycles. The van der Waals surface area contributed by atoms with E-state index in [-0.39, 0.29) is 5.91 Å². The highest BCUT2D eigenvalue weighted by atomic mass is 16.5. The second-order valence-corrected chi connectivity index (χ2v) is 8.21. The van der Waals surface area contributed by atoms with Crippen molar-refractivity contribution in [3.63, 3.8) is 0 Å². The number of hydrogen-bond donors (Lipinski definition) is 1. The molecule has 4 aromatic carbocycles. The van der Waals surface area contributed by atoms with Crippen LogP contribution < -0.4 is 10.1 Å². The fraction of sp³-hybridized carbons (Fsp3) is 0.0667. The summed E-state index contributed by atoms with van der Waals surface area (Å²) in [6.45, 7) is 4.01. The number of carbonyl (C=O) groups excluding carboxylic acids is 1. The molecule has 166 valence electrons. The van der Waals surface area contributed by atoms with Gasteiger partial charge in [0, 0.05) is 10.9 Å². The molecule has 4 nitrogen and oxygen atoms in total. The van der Waals surface area contributed by atoms with Gasteiger partial charge in [0.1, 0.15) is 5.75 Å². The molecule has 0 aliphatic rings. The molecular weight excluding hydrogens is 420 g/mol. The van der Waals surface area contributed by atoms with Gasteiger partial charge < -0.3 is 10.1 Å². The summed E-state index contributed by atoms with van der Waals surface area (Å²) in [4.78, 5) is 18.6. The number of benzene rings is 4. The molecule has 0 saturated heterocycles. The second-order valence-electron chi connectivity index (χ2n) is 8.21. The lowest BCUT2D eigenvalue weighted by Crippen LogP contribution is -2.15. The minimum atomic E-state index is -0.200. The number of amides is 1.